The second-order valence-corrected chi connectivity index (χ2v) is 7.29. The van der Waals surface area contributed by atoms with E-state index < -0.39 is 0 Å². The van der Waals surface area contributed by atoms with Crippen LogP contribution in [0.25, 0.3) is 11.1 Å². The van der Waals surface area contributed by atoms with Crippen molar-refractivity contribution in [1.82, 2.24) is 9.55 Å². The van der Waals surface area contributed by atoms with Gasteiger partial charge in [0.25, 0.3) is 5.91 Å². The van der Waals surface area contributed by atoms with Gasteiger partial charge in [-0.05, 0) is 28.4 Å². The molecule has 1 N–H and O–H groups in total. The molecule has 1 aromatic carbocycles. The number of thiazole rings is 1. The van der Waals surface area contributed by atoms with Crippen LogP contribution in [0.1, 0.15) is 21.7 Å². The van der Waals surface area contributed by atoms with Crippen LogP contribution in [0.2, 0.25) is 0 Å². The number of aromatic nitrogens is 2. The fraction of sp³-hybridized carbons (Fsp3) is 0.111. The number of benzene rings is 1. The predicted octanol–water partition coefficient (Wildman–Crippen LogP) is 5.06. The summed E-state index contributed by atoms with van der Waals surface area (Å²) in [4.78, 5) is 17.1. The predicted molar refractivity (Wildman–Crippen MR) is 102 cm³/mol. The molecule has 1 amide bonds. The molecule has 4 rings (SSSR count). The van der Waals surface area contributed by atoms with E-state index in [0.717, 1.165) is 16.8 Å². The Hall–Kier alpha value is -2.38. The fourth-order valence-corrected chi connectivity index (χ4v) is 3.78. The molecule has 0 unspecified atom stereocenters. The summed E-state index contributed by atoms with van der Waals surface area (Å²) in [5.74, 6) is -0.201. The molecule has 0 aliphatic rings. The lowest BCUT2D eigenvalue weighted by Gasteiger charge is -2.09. The highest BCUT2D eigenvalue weighted by molar-refractivity contribution is 9.10. The highest BCUT2D eigenvalue weighted by Crippen LogP contribution is 2.28. The van der Waals surface area contributed by atoms with Crippen molar-refractivity contribution in [2.75, 3.05) is 5.32 Å². The molecule has 3 aromatic heterocycles. The van der Waals surface area contributed by atoms with E-state index in [9.17, 15) is 4.79 Å². The second-order valence-electron chi connectivity index (χ2n) is 5.65. The minimum Gasteiger partial charge on any atom is -0.448 e. The van der Waals surface area contributed by atoms with Gasteiger partial charge in [-0.15, -0.1) is 11.3 Å². The first kappa shape index (κ1) is 16.1. The van der Waals surface area contributed by atoms with Gasteiger partial charge in [0.05, 0.1) is 11.2 Å². The number of carbonyl (C=O) groups is 1. The van der Waals surface area contributed by atoms with Crippen molar-refractivity contribution in [1.29, 1.82) is 0 Å². The Morgan fingerprint density at radius 1 is 1.32 bits per heavy atom. The summed E-state index contributed by atoms with van der Waals surface area (Å²) in [6.07, 6.45) is 0. The number of halogens is 1. The average Bonchev–Trinajstić information content (AvgIpc) is 3.24. The molecular formula is C18H14BrN3O2S. The topological polar surface area (TPSA) is 60.1 Å². The van der Waals surface area contributed by atoms with Crippen molar-refractivity contribution in [3.05, 3.63) is 69.5 Å². The summed E-state index contributed by atoms with van der Waals surface area (Å²) in [5, 5.41) is 5.36. The maximum atomic E-state index is 12.8. The number of nitrogens with zero attached hydrogens (tertiary/aromatic N) is 2. The van der Waals surface area contributed by atoms with E-state index in [4.69, 9.17) is 4.42 Å². The van der Waals surface area contributed by atoms with Crippen LogP contribution >= 0.6 is 27.3 Å². The first-order valence-corrected chi connectivity index (χ1v) is 9.33. The number of hydrogen-bond acceptors (Lipinski definition) is 4. The number of aryl methyl sites for hydroxylation is 1. The molecule has 25 heavy (non-hydrogen) atoms. The third-order valence-electron chi connectivity index (χ3n) is 3.82. The van der Waals surface area contributed by atoms with Crippen LogP contribution in [0.4, 0.5) is 5.13 Å². The van der Waals surface area contributed by atoms with Crippen LogP contribution in [0.15, 0.2) is 56.9 Å². The van der Waals surface area contributed by atoms with Crippen LogP contribution in [0, 0.1) is 6.92 Å². The Labute approximate surface area is 156 Å². The molecule has 0 saturated heterocycles. The standard InChI is InChI=1S/C18H14BrN3O2S/c1-11-10-25-18(20-11)21-17(23)14-7-15-13(8-16(19)24-15)22(14)9-12-5-3-2-4-6-12/h2-8,10H,9H2,1H3,(H,20,21,23). The van der Waals surface area contributed by atoms with E-state index in [1.54, 1.807) is 6.07 Å². The molecule has 3 heterocycles. The molecule has 126 valence electrons. The lowest BCUT2D eigenvalue weighted by atomic mass is 10.2. The summed E-state index contributed by atoms with van der Waals surface area (Å²) in [5.41, 5.74) is 4.08. The van der Waals surface area contributed by atoms with Gasteiger partial charge in [0.2, 0.25) is 0 Å². The van der Waals surface area contributed by atoms with E-state index in [1.165, 1.54) is 11.3 Å². The quantitative estimate of drug-likeness (QED) is 0.506. The van der Waals surface area contributed by atoms with Crippen LogP contribution in [-0.2, 0) is 6.54 Å². The zero-order valence-electron chi connectivity index (χ0n) is 13.3. The number of rotatable bonds is 4. The number of carbonyl (C=O) groups excluding carboxylic acids is 1. The lowest BCUT2D eigenvalue weighted by Crippen LogP contribution is -2.17. The molecule has 5 nitrogen and oxygen atoms in total. The monoisotopic (exact) mass is 415 g/mol. The molecule has 0 aliphatic heterocycles. The van der Waals surface area contributed by atoms with Gasteiger partial charge in [-0.25, -0.2) is 4.98 Å². The Morgan fingerprint density at radius 3 is 2.84 bits per heavy atom. The normalized spacial score (nSPS) is 11.1. The summed E-state index contributed by atoms with van der Waals surface area (Å²) >= 11 is 4.76. The molecule has 0 fully saturated rings. The third kappa shape index (κ3) is 3.25. The van der Waals surface area contributed by atoms with Gasteiger partial charge in [0.1, 0.15) is 5.69 Å². The summed E-state index contributed by atoms with van der Waals surface area (Å²) in [6.45, 7) is 2.48. The molecule has 0 atom stereocenters. The van der Waals surface area contributed by atoms with Crippen molar-refractivity contribution >= 4 is 49.4 Å². The van der Waals surface area contributed by atoms with Crippen molar-refractivity contribution in [2.45, 2.75) is 13.5 Å². The first-order chi connectivity index (χ1) is 12.1. The van der Waals surface area contributed by atoms with Gasteiger partial charge >= 0.3 is 0 Å². The van der Waals surface area contributed by atoms with Gasteiger partial charge in [-0.3, -0.25) is 10.1 Å². The van der Waals surface area contributed by atoms with E-state index in [2.05, 4.69) is 26.2 Å². The van der Waals surface area contributed by atoms with Crippen molar-refractivity contribution < 1.29 is 9.21 Å². The maximum absolute atomic E-state index is 12.8. The van der Waals surface area contributed by atoms with E-state index in [-0.39, 0.29) is 5.91 Å². The number of anilines is 1. The molecule has 7 heteroatoms. The van der Waals surface area contributed by atoms with Gasteiger partial charge in [0.15, 0.2) is 15.4 Å². The number of furan rings is 1. The number of hydrogen-bond donors (Lipinski definition) is 1. The molecular weight excluding hydrogens is 402 g/mol. The Kier molecular flexibility index (Phi) is 4.19. The Balaban J connectivity index is 1.73. The summed E-state index contributed by atoms with van der Waals surface area (Å²) in [6, 6.07) is 13.7. The number of fused-ring (bicyclic) bond motifs is 1. The largest absolute Gasteiger partial charge is 0.448 e. The van der Waals surface area contributed by atoms with E-state index in [1.807, 2.05) is 53.3 Å². The molecule has 0 radical (unpaired) electrons. The minimum atomic E-state index is -0.201. The second kappa shape index (κ2) is 6.50. The van der Waals surface area contributed by atoms with Crippen molar-refractivity contribution in [3.8, 4) is 0 Å². The smallest absolute Gasteiger partial charge is 0.274 e. The zero-order chi connectivity index (χ0) is 17.4. The lowest BCUT2D eigenvalue weighted by molar-refractivity contribution is 0.101. The number of nitrogens with one attached hydrogen (secondary N) is 1. The maximum Gasteiger partial charge on any atom is 0.274 e. The first-order valence-electron chi connectivity index (χ1n) is 7.66. The fourth-order valence-electron chi connectivity index (χ4n) is 2.71. The minimum absolute atomic E-state index is 0.201. The molecule has 0 aliphatic carbocycles. The van der Waals surface area contributed by atoms with Crippen molar-refractivity contribution in [3.63, 3.8) is 0 Å². The van der Waals surface area contributed by atoms with Gasteiger partial charge < -0.3 is 8.98 Å². The SMILES string of the molecule is Cc1csc(NC(=O)c2cc3oc(Br)cc3n2Cc2ccccc2)n1. The molecule has 0 bridgehead atoms. The number of amides is 1. The highest BCUT2D eigenvalue weighted by Gasteiger charge is 2.19. The van der Waals surface area contributed by atoms with E-state index in [0.29, 0.717) is 27.6 Å². The third-order valence-corrected chi connectivity index (χ3v) is 5.08. The average molecular weight is 416 g/mol. The zero-order valence-corrected chi connectivity index (χ0v) is 15.7. The van der Waals surface area contributed by atoms with Crippen molar-refractivity contribution in [2.24, 2.45) is 0 Å². The Morgan fingerprint density at radius 2 is 2.12 bits per heavy atom. The molecule has 0 spiro atoms. The van der Waals surface area contributed by atoms with Gasteiger partial charge in [-0.1, -0.05) is 30.3 Å². The molecule has 4 aromatic rings. The Bertz CT molecular complexity index is 1050. The van der Waals surface area contributed by atoms with Crippen LogP contribution in [0.3, 0.4) is 0 Å². The van der Waals surface area contributed by atoms with Crippen LogP contribution in [-0.4, -0.2) is 15.5 Å². The van der Waals surface area contributed by atoms with Crippen LogP contribution < -0.4 is 5.32 Å². The van der Waals surface area contributed by atoms with Crippen LogP contribution in [0.5, 0.6) is 0 Å². The highest BCUT2D eigenvalue weighted by atomic mass is 79.9. The molecule has 0 saturated carbocycles. The van der Waals surface area contributed by atoms with E-state index >= 15 is 0 Å². The summed E-state index contributed by atoms with van der Waals surface area (Å²) < 4.78 is 8.23. The van der Waals surface area contributed by atoms with Gasteiger partial charge in [-0.2, -0.15) is 0 Å². The summed E-state index contributed by atoms with van der Waals surface area (Å²) in [7, 11) is 0. The van der Waals surface area contributed by atoms with Gasteiger partial charge in [0, 0.05) is 24.1 Å².